The molecule has 17 heavy (non-hydrogen) atoms. The molecule has 0 aromatic carbocycles. The number of likely N-dealkylation sites (N-methyl/N-ethyl adjacent to an activating group) is 1. The van der Waals surface area contributed by atoms with Crippen LogP contribution in [-0.4, -0.2) is 44.3 Å². The molecule has 0 aliphatic rings. The maximum absolute atomic E-state index is 12.0. The highest BCUT2D eigenvalue weighted by Gasteiger charge is 2.28. The van der Waals surface area contributed by atoms with Crippen LogP contribution in [0.3, 0.4) is 0 Å². The van der Waals surface area contributed by atoms with Crippen molar-refractivity contribution in [3.63, 3.8) is 0 Å². The zero-order chi connectivity index (χ0) is 12.7. The number of alkyl halides is 3. The second-order valence-electron chi connectivity index (χ2n) is 3.93. The molecule has 0 fully saturated rings. The molecule has 0 aliphatic carbocycles. The number of nitrogens with one attached hydrogen (secondary N) is 1. The van der Waals surface area contributed by atoms with Gasteiger partial charge in [0.05, 0.1) is 6.54 Å². The van der Waals surface area contributed by atoms with Gasteiger partial charge in [0.15, 0.2) is 0 Å². The van der Waals surface area contributed by atoms with Gasteiger partial charge in [0.25, 0.3) is 0 Å². The summed E-state index contributed by atoms with van der Waals surface area (Å²) in [6.45, 7) is 0.946. The van der Waals surface area contributed by atoms with Crippen molar-refractivity contribution in [1.29, 1.82) is 0 Å². The van der Waals surface area contributed by atoms with Gasteiger partial charge >= 0.3 is 6.18 Å². The maximum Gasteiger partial charge on any atom is 0.401 e. The summed E-state index contributed by atoms with van der Waals surface area (Å²) in [5, 5.41) is 5.16. The van der Waals surface area contributed by atoms with Crippen molar-refractivity contribution in [2.75, 3.05) is 33.2 Å². The molecule has 1 heterocycles. The molecule has 6 heteroatoms. The second kappa shape index (κ2) is 6.98. The first kappa shape index (κ1) is 14.5. The monoisotopic (exact) mass is 266 g/mol. The first-order chi connectivity index (χ1) is 7.97. The van der Waals surface area contributed by atoms with E-state index in [0.29, 0.717) is 13.1 Å². The molecule has 0 bridgehead atoms. The predicted octanol–water partition coefficient (Wildman–Crippen LogP) is 2.37. The zero-order valence-electron chi connectivity index (χ0n) is 9.76. The highest BCUT2D eigenvalue weighted by Crippen LogP contribution is 2.15. The van der Waals surface area contributed by atoms with E-state index in [0.717, 1.165) is 13.0 Å². The van der Waals surface area contributed by atoms with Crippen LogP contribution >= 0.6 is 11.3 Å². The van der Waals surface area contributed by atoms with E-state index in [4.69, 9.17) is 0 Å². The summed E-state index contributed by atoms with van der Waals surface area (Å²) < 4.78 is 36.0. The molecule has 0 amide bonds. The Kier molecular flexibility index (Phi) is 5.94. The lowest BCUT2D eigenvalue weighted by atomic mass is 10.3. The standard InChI is InChI=1S/C11H17F3N2S/c1-16(9-11(12,13)14)7-6-15-5-4-10-3-2-8-17-10/h2-3,8,15H,4-7,9H2,1H3. The quantitative estimate of drug-likeness (QED) is 0.762. The average molecular weight is 266 g/mol. The molecule has 1 aromatic rings. The molecule has 0 atom stereocenters. The third-order valence-electron chi connectivity index (χ3n) is 2.25. The fourth-order valence-electron chi connectivity index (χ4n) is 1.45. The molecule has 0 unspecified atom stereocenters. The molecule has 0 saturated heterocycles. The van der Waals surface area contributed by atoms with Gasteiger partial charge in [0.2, 0.25) is 0 Å². The van der Waals surface area contributed by atoms with Crippen LogP contribution in [-0.2, 0) is 6.42 Å². The van der Waals surface area contributed by atoms with Crippen molar-refractivity contribution in [2.24, 2.45) is 0 Å². The molecule has 0 aliphatic heterocycles. The van der Waals surface area contributed by atoms with Crippen molar-refractivity contribution >= 4 is 11.3 Å². The van der Waals surface area contributed by atoms with Gasteiger partial charge in [-0.25, -0.2) is 0 Å². The van der Waals surface area contributed by atoms with Gasteiger partial charge in [-0.15, -0.1) is 11.3 Å². The van der Waals surface area contributed by atoms with Gasteiger partial charge in [0.1, 0.15) is 0 Å². The SMILES string of the molecule is CN(CCNCCc1cccs1)CC(F)(F)F. The van der Waals surface area contributed by atoms with Crippen LogP contribution in [0.2, 0.25) is 0 Å². The van der Waals surface area contributed by atoms with E-state index in [9.17, 15) is 13.2 Å². The Hall–Kier alpha value is -0.590. The van der Waals surface area contributed by atoms with E-state index in [1.807, 2.05) is 11.4 Å². The summed E-state index contributed by atoms with van der Waals surface area (Å²) in [6, 6.07) is 4.05. The van der Waals surface area contributed by atoms with E-state index >= 15 is 0 Å². The fraction of sp³-hybridized carbons (Fsp3) is 0.636. The van der Waals surface area contributed by atoms with Gasteiger partial charge in [-0.2, -0.15) is 13.2 Å². The molecule has 1 N–H and O–H groups in total. The van der Waals surface area contributed by atoms with Crippen LogP contribution in [0.15, 0.2) is 17.5 Å². The highest BCUT2D eigenvalue weighted by atomic mass is 32.1. The van der Waals surface area contributed by atoms with E-state index < -0.39 is 12.7 Å². The summed E-state index contributed by atoms with van der Waals surface area (Å²) in [6.07, 6.45) is -3.17. The fourth-order valence-corrected chi connectivity index (χ4v) is 2.16. The van der Waals surface area contributed by atoms with Gasteiger partial charge < -0.3 is 5.32 Å². The molecular formula is C11H17F3N2S. The minimum absolute atomic E-state index is 0.407. The minimum atomic E-state index is -4.11. The minimum Gasteiger partial charge on any atom is -0.315 e. The maximum atomic E-state index is 12.0. The number of rotatable bonds is 7. The number of thiophene rings is 1. The molecule has 0 spiro atoms. The largest absolute Gasteiger partial charge is 0.401 e. The Bertz CT molecular complexity index is 298. The predicted molar refractivity (Wildman–Crippen MR) is 64.4 cm³/mol. The van der Waals surface area contributed by atoms with Gasteiger partial charge in [-0.3, -0.25) is 4.90 Å². The third kappa shape index (κ3) is 7.36. The number of hydrogen-bond donors (Lipinski definition) is 1. The molecule has 0 saturated carbocycles. The van der Waals surface area contributed by atoms with Gasteiger partial charge in [-0.05, 0) is 24.9 Å². The third-order valence-corrected chi connectivity index (χ3v) is 3.18. The van der Waals surface area contributed by atoms with Crippen LogP contribution < -0.4 is 5.32 Å². The van der Waals surface area contributed by atoms with Crippen molar-refractivity contribution in [2.45, 2.75) is 12.6 Å². The molecule has 1 aromatic heterocycles. The van der Waals surface area contributed by atoms with E-state index in [1.165, 1.54) is 16.8 Å². The lowest BCUT2D eigenvalue weighted by Gasteiger charge is -2.18. The van der Waals surface area contributed by atoms with Crippen LogP contribution in [0, 0.1) is 0 Å². The van der Waals surface area contributed by atoms with Crippen LogP contribution in [0.4, 0.5) is 13.2 Å². The van der Waals surface area contributed by atoms with Crippen LogP contribution in [0.5, 0.6) is 0 Å². The van der Waals surface area contributed by atoms with Crippen molar-refractivity contribution < 1.29 is 13.2 Å². The first-order valence-corrected chi connectivity index (χ1v) is 6.34. The van der Waals surface area contributed by atoms with E-state index in [-0.39, 0.29) is 0 Å². The average Bonchev–Trinajstić information content (AvgIpc) is 2.67. The van der Waals surface area contributed by atoms with E-state index in [2.05, 4.69) is 11.4 Å². The first-order valence-electron chi connectivity index (χ1n) is 5.46. The Morgan fingerprint density at radius 3 is 2.71 bits per heavy atom. The second-order valence-corrected chi connectivity index (χ2v) is 4.96. The summed E-state index contributed by atoms with van der Waals surface area (Å²) in [5.74, 6) is 0. The van der Waals surface area contributed by atoms with Crippen LogP contribution in [0.25, 0.3) is 0 Å². The smallest absolute Gasteiger partial charge is 0.315 e. The van der Waals surface area contributed by atoms with Crippen molar-refractivity contribution in [3.8, 4) is 0 Å². The molecule has 1 rings (SSSR count). The summed E-state index contributed by atoms with van der Waals surface area (Å²) in [7, 11) is 1.48. The number of nitrogens with zero attached hydrogens (tertiary/aromatic N) is 1. The van der Waals surface area contributed by atoms with Crippen molar-refractivity contribution in [3.05, 3.63) is 22.4 Å². The van der Waals surface area contributed by atoms with Crippen LogP contribution in [0.1, 0.15) is 4.88 Å². The lowest BCUT2D eigenvalue weighted by Crippen LogP contribution is -2.36. The lowest BCUT2D eigenvalue weighted by molar-refractivity contribution is -0.142. The Morgan fingerprint density at radius 1 is 1.35 bits per heavy atom. The topological polar surface area (TPSA) is 15.3 Å². The number of hydrogen-bond acceptors (Lipinski definition) is 3. The van der Waals surface area contributed by atoms with Crippen molar-refractivity contribution in [1.82, 2.24) is 10.2 Å². The van der Waals surface area contributed by atoms with E-state index in [1.54, 1.807) is 11.3 Å². The normalized spacial score (nSPS) is 12.3. The summed E-state index contributed by atoms with van der Waals surface area (Å²) >= 11 is 1.70. The highest BCUT2D eigenvalue weighted by molar-refractivity contribution is 7.09. The molecular weight excluding hydrogens is 249 g/mol. The Balaban J connectivity index is 2.00. The molecule has 98 valence electrons. The van der Waals surface area contributed by atoms with Gasteiger partial charge in [-0.1, -0.05) is 6.07 Å². The Morgan fingerprint density at radius 2 is 2.12 bits per heavy atom. The van der Waals surface area contributed by atoms with Gasteiger partial charge in [0, 0.05) is 24.5 Å². The molecule has 0 radical (unpaired) electrons. The summed E-state index contributed by atoms with van der Waals surface area (Å²) in [4.78, 5) is 2.57. The number of halogens is 3. The zero-order valence-corrected chi connectivity index (χ0v) is 10.6. The molecule has 2 nitrogen and oxygen atoms in total. The Labute approximate surface area is 103 Å². The summed E-state index contributed by atoms with van der Waals surface area (Å²) in [5.41, 5.74) is 0.